The molecule has 23 heavy (non-hydrogen) atoms. The third-order valence-electron chi connectivity index (χ3n) is 4.87. The van der Waals surface area contributed by atoms with Crippen LogP contribution in [0.25, 0.3) is 0 Å². The monoisotopic (exact) mass is 317 g/mol. The van der Waals surface area contributed by atoms with Crippen molar-refractivity contribution in [2.24, 2.45) is 5.73 Å². The first-order valence-corrected chi connectivity index (χ1v) is 8.08. The van der Waals surface area contributed by atoms with Crippen molar-refractivity contribution in [1.82, 2.24) is 4.90 Å². The molecule has 1 aromatic rings. The number of carbonyl (C=O) groups is 2. The highest BCUT2D eigenvalue weighted by Gasteiger charge is 2.42. The molecule has 0 spiro atoms. The summed E-state index contributed by atoms with van der Waals surface area (Å²) in [5.74, 6) is -0.196. The molecule has 6 nitrogen and oxygen atoms in total. The van der Waals surface area contributed by atoms with E-state index in [4.69, 9.17) is 10.5 Å². The van der Waals surface area contributed by atoms with E-state index < -0.39 is 5.54 Å². The molecule has 1 unspecified atom stereocenters. The predicted molar refractivity (Wildman–Crippen MR) is 87.0 cm³/mol. The van der Waals surface area contributed by atoms with E-state index in [1.807, 2.05) is 30.3 Å². The van der Waals surface area contributed by atoms with Gasteiger partial charge in [0.25, 0.3) is 0 Å². The largest absolute Gasteiger partial charge is 0.374 e. The zero-order valence-electron chi connectivity index (χ0n) is 13.2. The molecule has 6 heteroatoms. The van der Waals surface area contributed by atoms with Gasteiger partial charge in [-0.15, -0.1) is 0 Å². The van der Waals surface area contributed by atoms with E-state index in [2.05, 4.69) is 10.2 Å². The molecule has 2 saturated heterocycles. The molecule has 0 aliphatic carbocycles. The standard InChI is InChI=1S/C17H23N3O3/c18-16(22)17(19-13-4-2-1-3-5-13)7-9-20(10-8-17)14-6-11-23-12-15(14)21/h1-5,14,19H,6-12H2,(H2,18,22). The zero-order chi connectivity index (χ0) is 16.3. The number of carbonyl (C=O) groups excluding carboxylic acids is 2. The quantitative estimate of drug-likeness (QED) is 0.857. The third kappa shape index (κ3) is 3.38. The van der Waals surface area contributed by atoms with Gasteiger partial charge < -0.3 is 15.8 Å². The molecule has 3 rings (SSSR count). The van der Waals surface area contributed by atoms with E-state index in [1.165, 1.54) is 0 Å². The molecule has 1 atom stereocenters. The summed E-state index contributed by atoms with van der Waals surface area (Å²) in [5.41, 5.74) is 5.84. The van der Waals surface area contributed by atoms with Gasteiger partial charge >= 0.3 is 0 Å². The molecule has 2 fully saturated rings. The van der Waals surface area contributed by atoms with Crippen LogP contribution in [0.4, 0.5) is 5.69 Å². The number of likely N-dealkylation sites (tertiary alicyclic amines) is 1. The van der Waals surface area contributed by atoms with Gasteiger partial charge in [-0.05, 0) is 31.4 Å². The van der Waals surface area contributed by atoms with E-state index in [-0.39, 0.29) is 24.3 Å². The minimum atomic E-state index is -0.744. The Balaban J connectivity index is 1.68. The minimum absolute atomic E-state index is 0.0775. The molecule has 1 amide bonds. The lowest BCUT2D eigenvalue weighted by Crippen LogP contribution is -2.60. The van der Waals surface area contributed by atoms with Crippen LogP contribution in [-0.2, 0) is 14.3 Å². The van der Waals surface area contributed by atoms with Crippen LogP contribution >= 0.6 is 0 Å². The van der Waals surface area contributed by atoms with Gasteiger partial charge in [0.2, 0.25) is 5.91 Å². The van der Waals surface area contributed by atoms with Gasteiger partial charge in [-0.3, -0.25) is 14.5 Å². The number of para-hydroxylation sites is 1. The summed E-state index contributed by atoms with van der Waals surface area (Å²) < 4.78 is 5.20. The molecule has 3 N–H and O–H groups in total. The number of Topliss-reactive ketones (excluding diaryl/α,β-unsaturated/α-hetero) is 1. The number of rotatable bonds is 4. The molecule has 2 aliphatic rings. The van der Waals surface area contributed by atoms with E-state index >= 15 is 0 Å². The Morgan fingerprint density at radius 1 is 1.26 bits per heavy atom. The van der Waals surface area contributed by atoms with Gasteiger partial charge in [0.1, 0.15) is 12.1 Å². The van der Waals surface area contributed by atoms with Crippen LogP contribution in [0.2, 0.25) is 0 Å². The lowest BCUT2D eigenvalue weighted by Gasteiger charge is -2.43. The summed E-state index contributed by atoms with van der Waals surface area (Å²) in [6, 6.07) is 9.56. The molecule has 0 radical (unpaired) electrons. The first kappa shape index (κ1) is 16.0. The second-order valence-corrected chi connectivity index (χ2v) is 6.30. The van der Waals surface area contributed by atoms with E-state index in [1.54, 1.807) is 0 Å². The number of amides is 1. The van der Waals surface area contributed by atoms with Crippen molar-refractivity contribution in [2.45, 2.75) is 30.8 Å². The molecule has 2 heterocycles. The number of hydrogen-bond donors (Lipinski definition) is 2. The number of ketones is 1. The zero-order valence-corrected chi connectivity index (χ0v) is 13.2. The number of benzene rings is 1. The molecule has 0 aromatic heterocycles. The lowest BCUT2D eigenvalue weighted by atomic mass is 9.85. The fourth-order valence-electron chi connectivity index (χ4n) is 3.46. The van der Waals surface area contributed by atoms with E-state index in [0.29, 0.717) is 32.5 Å². The highest BCUT2D eigenvalue weighted by Crippen LogP contribution is 2.29. The predicted octanol–water partition coefficient (Wildman–Crippen LogP) is 0.776. The van der Waals surface area contributed by atoms with Crippen molar-refractivity contribution >= 4 is 17.4 Å². The van der Waals surface area contributed by atoms with Crippen LogP contribution in [0.5, 0.6) is 0 Å². The summed E-state index contributed by atoms with van der Waals surface area (Å²) in [6.45, 7) is 2.18. The van der Waals surface area contributed by atoms with Gasteiger partial charge in [-0.2, -0.15) is 0 Å². The number of nitrogens with zero attached hydrogens (tertiary/aromatic N) is 1. The Hall–Kier alpha value is -1.92. The lowest BCUT2D eigenvalue weighted by molar-refractivity contribution is -0.135. The second-order valence-electron chi connectivity index (χ2n) is 6.30. The van der Waals surface area contributed by atoms with Crippen LogP contribution in [0.1, 0.15) is 19.3 Å². The number of nitrogens with one attached hydrogen (secondary N) is 1. The summed E-state index contributed by atoms with van der Waals surface area (Å²) in [5, 5.41) is 3.32. The van der Waals surface area contributed by atoms with Crippen molar-refractivity contribution in [1.29, 1.82) is 0 Å². The number of anilines is 1. The average Bonchev–Trinajstić information content (AvgIpc) is 2.57. The minimum Gasteiger partial charge on any atom is -0.374 e. The number of nitrogens with two attached hydrogens (primary N) is 1. The number of hydrogen-bond acceptors (Lipinski definition) is 5. The second kappa shape index (κ2) is 6.68. The highest BCUT2D eigenvalue weighted by molar-refractivity contribution is 5.88. The molecule has 2 aliphatic heterocycles. The number of primary amides is 1. The number of ether oxygens (including phenoxy) is 1. The Labute approximate surface area is 136 Å². The SMILES string of the molecule is NC(=O)C1(Nc2ccccc2)CCN(C2CCOCC2=O)CC1. The fourth-order valence-corrected chi connectivity index (χ4v) is 3.46. The first-order chi connectivity index (χ1) is 11.1. The van der Waals surface area contributed by atoms with Crippen molar-refractivity contribution in [3.05, 3.63) is 30.3 Å². The topological polar surface area (TPSA) is 84.7 Å². The third-order valence-corrected chi connectivity index (χ3v) is 4.87. The Bertz CT molecular complexity index is 568. The van der Waals surface area contributed by atoms with Crippen molar-refractivity contribution in [2.75, 3.05) is 31.6 Å². The molecular formula is C17H23N3O3. The van der Waals surface area contributed by atoms with Crippen LogP contribution < -0.4 is 11.1 Å². The molecular weight excluding hydrogens is 294 g/mol. The first-order valence-electron chi connectivity index (χ1n) is 8.08. The normalized spacial score (nSPS) is 25.0. The Kier molecular flexibility index (Phi) is 4.63. The van der Waals surface area contributed by atoms with Crippen LogP contribution in [-0.4, -0.2) is 54.5 Å². The smallest absolute Gasteiger partial charge is 0.243 e. The van der Waals surface area contributed by atoms with Crippen molar-refractivity contribution < 1.29 is 14.3 Å². The van der Waals surface area contributed by atoms with E-state index in [9.17, 15) is 9.59 Å². The summed E-state index contributed by atoms with van der Waals surface area (Å²) >= 11 is 0. The van der Waals surface area contributed by atoms with Crippen LogP contribution in [0.15, 0.2) is 30.3 Å². The molecule has 1 aromatic carbocycles. The molecule has 124 valence electrons. The van der Waals surface area contributed by atoms with Gasteiger partial charge in [0.05, 0.1) is 6.04 Å². The fraction of sp³-hybridized carbons (Fsp3) is 0.529. The summed E-state index contributed by atoms with van der Waals surface area (Å²) in [6.07, 6.45) is 1.93. The van der Waals surface area contributed by atoms with Gasteiger partial charge in [0.15, 0.2) is 5.78 Å². The van der Waals surface area contributed by atoms with Gasteiger partial charge in [0, 0.05) is 25.4 Å². The molecule has 0 saturated carbocycles. The number of piperidine rings is 1. The van der Waals surface area contributed by atoms with Crippen LogP contribution in [0.3, 0.4) is 0 Å². The summed E-state index contributed by atoms with van der Waals surface area (Å²) in [7, 11) is 0. The van der Waals surface area contributed by atoms with Gasteiger partial charge in [-0.1, -0.05) is 18.2 Å². The maximum absolute atomic E-state index is 12.1. The highest BCUT2D eigenvalue weighted by atomic mass is 16.5. The maximum Gasteiger partial charge on any atom is 0.243 e. The van der Waals surface area contributed by atoms with E-state index in [0.717, 1.165) is 12.1 Å². The average molecular weight is 317 g/mol. The van der Waals surface area contributed by atoms with Crippen molar-refractivity contribution in [3.63, 3.8) is 0 Å². The summed E-state index contributed by atoms with van der Waals surface area (Å²) in [4.78, 5) is 26.3. The Morgan fingerprint density at radius 3 is 2.57 bits per heavy atom. The van der Waals surface area contributed by atoms with Crippen LogP contribution in [0, 0.1) is 0 Å². The Morgan fingerprint density at radius 2 is 1.96 bits per heavy atom. The van der Waals surface area contributed by atoms with Crippen molar-refractivity contribution in [3.8, 4) is 0 Å². The maximum atomic E-state index is 12.1. The van der Waals surface area contributed by atoms with Gasteiger partial charge in [-0.25, -0.2) is 0 Å². The molecule has 0 bridgehead atoms.